The summed E-state index contributed by atoms with van der Waals surface area (Å²) in [5.41, 5.74) is 2.42. The summed E-state index contributed by atoms with van der Waals surface area (Å²) in [6.07, 6.45) is 13.7. The normalized spacial score (nSPS) is 26.3. The molecule has 31 heavy (non-hydrogen) atoms. The van der Waals surface area contributed by atoms with Gasteiger partial charge in [-0.25, -0.2) is 9.98 Å². The number of carboxylic acids is 1. The minimum absolute atomic E-state index is 0.100. The topological polar surface area (TPSA) is 86.1 Å². The van der Waals surface area contributed by atoms with Crippen LogP contribution in [0, 0.1) is 5.92 Å². The van der Waals surface area contributed by atoms with Crippen LogP contribution in [0.15, 0.2) is 34.3 Å². The molecule has 3 aliphatic carbocycles. The first-order valence-corrected chi connectivity index (χ1v) is 12.1. The summed E-state index contributed by atoms with van der Waals surface area (Å²) in [7, 11) is 0. The van der Waals surface area contributed by atoms with Crippen LogP contribution in [0.4, 0.5) is 5.69 Å². The fourth-order valence-corrected chi connectivity index (χ4v) is 5.80. The molecule has 3 fully saturated rings. The lowest BCUT2D eigenvalue weighted by atomic mass is 9.64. The second kappa shape index (κ2) is 8.73. The van der Waals surface area contributed by atoms with E-state index in [1.54, 1.807) is 0 Å². The van der Waals surface area contributed by atoms with Gasteiger partial charge in [0.2, 0.25) is 5.96 Å². The first-order chi connectivity index (χ1) is 15.1. The van der Waals surface area contributed by atoms with E-state index in [1.807, 2.05) is 24.3 Å². The molecule has 0 aromatic heterocycles. The lowest BCUT2D eigenvalue weighted by Crippen LogP contribution is -2.42. The maximum Gasteiger partial charge on any atom is 0.314 e. The number of aliphatic imine (C=N–C) groups is 2. The molecule has 166 valence electrons. The van der Waals surface area contributed by atoms with Gasteiger partial charge in [-0.3, -0.25) is 10.1 Å². The molecule has 1 aromatic rings. The van der Waals surface area contributed by atoms with Gasteiger partial charge in [-0.1, -0.05) is 44.2 Å². The average Bonchev–Trinajstić information content (AvgIpc) is 3.42. The number of hydrogen-bond acceptors (Lipinski definition) is 5. The second-order valence-electron chi connectivity index (χ2n) is 9.85. The van der Waals surface area contributed by atoms with Crippen LogP contribution in [0.25, 0.3) is 0 Å². The number of hydrogen-bond donors (Lipinski definition) is 3. The molecule has 1 unspecified atom stereocenters. The molecule has 4 aliphatic rings. The van der Waals surface area contributed by atoms with Crippen molar-refractivity contribution in [2.75, 3.05) is 5.32 Å². The van der Waals surface area contributed by atoms with Gasteiger partial charge in [-0.2, -0.15) is 0 Å². The number of benzene rings is 1. The number of anilines is 1. The van der Waals surface area contributed by atoms with Crippen LogP contribution >= 0.6 is 0 Å². The highest BCUT2D eigenvalue weighted by atomic mass is 16.4. The van der Waals surface area contributed by atoms with Gasteiger partial charge in [0.05, 0.1) is 5.41 Å². The van der Waals surface area contributed by atoms with E-state index in [4.69, 9.17) is 9.98 Å². The summed E-state index contributed by atoms with van der Waals surface area (Å²) in [5.74, 6) is 0.576. The number of rotatable bonds is 6. The Balaban J connectivity index is 1.32. The molecule has 3 saturated carbocycles. The van der Waals surface area contributed by atoms with Crippen LogP contribution in [0.3, 0.4) is 0 Å². The highest BCUT2D eigenvalue weighted by Crippen LogP contribution is 2.44. The molecule has 0 amide bonds. The van der Waals surface area contributed by atoms with Crippen LogP contribution in [-0.4, -0.2) is 35.0 Å². The number of nitrogens with zero attached hydrogens (tertiary/aromatic N) is 2. The lowest BCUT2D eigenvalue weighted by molar-refractivity contribution is -0.147. The van der Waals surface area contributed by atoms with Crippen LogP contribution in [0.2, 0.25) is 0 Å². The lowest BCUT2D eigenvalue weighted by Gasteiger charge is -2.38. The number of carboxylic acid groups (broad SMARTS) is 1. The molecular formula is C25H34N4O2. The van der Waals surface area contributed by atoms with Gasteiger partial charge in [0.1, 0.15) is 6.17 Å². The predicted octanol–water partition coefficient (Wildman–Crippen LogP) is 4.85. The predicted molar refractivity (Wildman–Crippen MR) is 124 cm³/mol. The van der Waals surface area contributed by atoms with Crippen molar-refractivity contribution in [3.05, 3.63) is 29.8 Å². The zero-order valence-corrected chi connectivity index (χ0v) is 18.3. The largest absolute Gasteiger partial charge is 0.481 e. The molecule has 5 rings (SSSR count). The van der Waals surface area contributed by atoms with Crippen molar-refractivity contribution in [2.24, 2.45) is 15.9 Å². The van der Waals surface area contributed by atoms with Gasteiger partial charge in [0, 0.05) is 23.9 Å². The van der Waals surface area contributed by atoms with Gasteiger partial charge in [0.15, 0.2) is 0 Å². The standard InChI is InChI=1S/C25H34N4O2/c30-23(31)25(14-5-15-25)18-10-12-20(13-11-18)27-24-28-21(17-6-1-2-7-17)16-22(29-24)26-19-8-3-4-9-19/h10-13,17,19,22,26H,1-9,14-16H2,(H,27,29)(H,30,31). The summed E-state index contributed by atoms with van der Waals surface area (Å²) in [6.45, 7) is 0. The van der Waals surface area contributed by atoms with E-state index in [2.05, 4.69) is 10.6 Å². The summed E-state index contributed by atoms with van der Waals surface area (Å²) >= 11 is 0. The highest BCUT2D eigenvalue weighted by Gasteiger charge is 2.45. The van der Waals surface area contributed by atoms with Crippen LogP contribution in [0.1, 0.15) is 82.6 Å². The maximum atomic E-state index is 11.8. The summed E-state index contributed by atoms with van der Waals surface area (Å²) in [5, 5.41) is 16.9. The van der Waals surface area contributed by atoms with E-state index < -0.39 is 11.4 Å². The van der Waals surface area contributed by atoms with E-state index in [0.29, 0.717) is 17.9 Å². The fourth-order valence-electron chi connectivity index (χ4n) is 5.80. The fraction of sp³-hybridized carbons (Fsp3) is 0.640. The number of nitrogens with one attached hydrogen (secondary N) is 2. The smallest absolute Gasteiger partial charge is 0.314 e. The van der Waals surface area contributed by atoms with E-state index in [1.165, 1.54) is 57.1 Å². The first-order valence-electron chi connectivity index (χ1n) is 12.1. The van der Waals surface area contributed by atoms with E-state index in [9.17, 15) is 9.90 Å². The van der Waals surface area contributed by atoms with Crippen molar-refractivity contribution in [3.63, 3.8) is 0 Å². The zero-order valence-electron chi connectivity index (χ0n) is 18.3. The van der Waals surface area contributed by atoms with Crippen molar-refractivity contribution < 1.29 is 9.90 Å². The molecule has 1 heterocycles. The van der Waals surface area contributed by atoms with Crippen LogP contribution in [-0.2, 0) is 10.2 Å². The van der Waals surface area contributed by atoms with Gasteiger partial charge >= 0.3 is 5.97 Å². The first kappa shape index (κ1) is 20.7. The Morgan fingerprint density at radius 3 is 2.26 bits per heavy atom. The zero-order chi connectivity index (χ0) is 21.3. The molecule has 0 bridgehead atoms. The van der Waals surface area contributed by atoms with Crippen molar-refractivity contribution in [2.45, 2.75) is 94.7 Å². The Bertz CT molecular complexity index is 860. The average molecular weight is 423 g/mol. The molecule has 1 aliphatic heterocycles. The molecular weight excluding hydrogens is 388 g/mol. The molecule has 1 atom stereocenters. The Morgan fingerprint density at radius 1 is 0.968 bits per heavy atom. The third-order valence-electron chi connectivity index (χ3n) is 7.85. The highest BCUT2D eigenvalue weighted by molar-refractivity contribution is 6.06. The minimum Gasteiger partial charge on any atom is -0.481 e. The third-order valence-corrected chi connectivity index (χ3v) is 7.85. The minimum atomic E-state index is -0.706. The molecule has 0 radical (unpaired) electrons. The molecule has 0 spiro atoms. The monoisotopic (exact) mass is 422 g/mol. The van der Waals surface area contributed by atoms with Crippen LogP contribution < -0.4 is 10.6 Å². The summed E-state index contributed by atoms with van der Waals surface area (Å²) in [6, 6.07) is 8.43. The summed E-state index contributed by atoms with van der Waals surface area (Å²) < 4.78 is 0. The summed E-state index contributed by atoms with van der Waals surface area (Å²) in [4.78, 5) is 21.6. The van der Waals surface area contributed by atoms with Crippen molar-refractivity contribution in [1.82, 2.24) is 5.32 Å². The third kappa shape index (κ3) is 4.27. The van der Waals surface area contributed by atoms with Gasteiger partial charge in [-0.15, -0.1) is 0 Å². The van der Waals surface area contributed by atoms with Gasteiger partial charge in [-0.05, 0) is 62.1 Å². The Kier molecular flexibility index (Phi) is 5.83. The Labute approximate surface area is 184 Å². The molecule has 3 N–H and O–H groups in total. The van der Waals surface area contributed by atoms with Crippen molar-refractivity contribution >= 4 is 23.3 Å². The Morgan fingerprint density at radius 2 is 1.65 bits per heavy atom. The SMILES string of the molecule is O=C(O)C1(c2ccc(NC3=NC(NC4CCCC4)CC(C4CCCC4)=N3)cc2)CCC1. The Hall–Kier alpha value is -2.21. The number of aliphatic carboxylic acids is 1. The molecule has 0 saturated heterocycles. The molecule has 6 heteroatoms. The maximum absolute atomic E-state index is 11.8. The number of carbonyl (C=O) groups is 1. The van der Waals surface area contributed by atoms with E-state index >= 15 is 0 Å². The quantitative estimate of drug-likeness (QED) is 0.611. The number of guanidine groups is 1. The molecule has 1 aromatic carbocycles. The second-order valence-corrected chi connectivity index (χ2v) is 9.85. The van der Waals surface area contributed by atoms with Gasteiger partial charge < -0.3 is 10.4 Å². The molecule has 6 nitrogen and oxygen atoms in total. The van der Waals surface area contributed by atoms with Crippen LogP contribution in [0.5, 0.6) is 0 Å². The van der Waals surface area contributed by atoms with Gasteiger partial charge in [0.25, 0.3) is 0 Å². The van der Waals surface area contributed by atoms with Crippen molar-refractivity contribution in [3.8, 4) is 0 Å². The van der Waals surface area contributed by atoms with E-state index in [-0.39, 0.29) is 6.17 Å². The van der Waals surface area contributed by atoms with E-state index in [0.717, 1.165) is 36.9 Å². The van der Waals surface area contributed by atoms with Crippen molar-refractivity contribution in [1.29, 1.82) is 0 Å².